The van der Waals surface area contributed by atoms with Gasteiger partial charge in [-0.3, -0.25) is 4.79 Å². The van der Waals surface area contributed by atoms with Crippen molar-refractivity contribution in [1.29, 1.82) is 0 Å². The van der Waals surface area contributed by atoms with Crippen molar-refractivity contribution in [2.45, 2.75) is 43.0 Å². The highest BCUT2D eigenvalue weighted by Gasteiger charge is 2.24. The molecular formula is C16H24Cl2N2OS. The third-order valence-electron chi connectivity index (χ3n) is 3.84. The molecule has 2 rings (SSSR count). The third-order valence-corrected chi connectivity index (χ3v) is 5.19. The summed E-state index contributed by atoms with van der Waals surface area (Å²) in [5, 5.41) is 0.757. The van der Waals surface area contributed by atoms with Gasteiger partial charge in [0, 0.05) is 35.5 Å². The summed E-state index contributed by atoms with van der Waals surface area (Å²) in [4.78, 5) is 15.5. The molecule has 2 N–H and O–H groups in total. The van der Waals surface area contributed by atoms with Crippen molar-refractivity contribution < 1.29 is 4.79 Å². The van der Waals surface area contributed by atoms with Gasteiger partial charge in [0.25, 0.3) is 0 Å². The molecule has 0 aliphatic carbocycles. The van der Waals surface area contributed by atoms with Gasteiger partial charge in [-0.05, 0) is 55.7 Å². The molecule has 1 unspecified atom stereocenters. The molecule has 0 saturated carbocycles. The lowest BCUT2D eigenvalue weighted by molar-refractivity contribution is -0.134. The lowest BCUT2D eigenvalue weighted by atomic mass is 10.0. The molecule has 22 heavy (non-hydrogen) atoms. The minimum absolute atomic E-state index is 0. The number of thioether (sulfide) groups is 1. The second kappa shape index (κ2) is 10.4. The Hall–Kier alpha value is -0.420. The van der Waals surface area contributed by atoms with Gasteiger partial charge >= 0.3 is 0 Å². The Morgan fingerprint density at radius 3 is 2.73 bits per heavy atom. The smallest absolute Gasteiger partial charge is 0.222 e. The summed E-state index contributed by atoms with van der Waals surface area (Å²) >= 11 is 7.63. The van der Waals surface area contributed by atoms with Gasteiger partial charge in [0.2, 0.25) is 5.91 Å². The van der Waals surface area contributed by atoms with Gasteiger partial charge in [0.1, 0.15) is 0 Å². The van der Waals surface area contributed by atoms with Gasteiger partial charge in [-0.2, -0.15) is 0 Å². The predicted octanol–water partition coefficient (Wildman–Crippen LogP) is 3.97. The number of hydrogen-bond donors (Lipinski definition) is 1. The third kappa shape index (κ3) is 5.99. The normalized spacial score (nSPS) is 17.9. The van der Waals surface area contributed by atoms with E-state index in [1.54, 1.807) is 11.8 Å². The Labute approximate surface area is 148 Å². The highest BCUT2D eigenvalue weighted by molar-refractivity contribution is 7.99. The molecule has 0 aromatic heterocycles. The first kappa shape index (κ1) is 19.6. The Morgan fingerprint density at radius 1 is 1.32 bits per heavy atom. The van der Waals surface area contributed by atoms with E-state index in [2.05, 4.69) is 0 Å². The average Bonchev–Trinajstić information content (AvgIpc) is 2.53. The summed E-state index contributed by atoms with van der Waals surface area (Å²) in [5.74, 6) is 1.22. The summed E-state index contributed by atoms with van der Waals surface area (Å²) < 4.78 is 0. The molecule has 1 aliphatic rings. The quantitative estimate of drug-likeness (QED) is 0.614. The van der Waals surface area contributed by atoms with Crippen LogP contribution in [0.1, 0.15) is 32.1 Å². The van der Waals surface area contributed by atoms with E-state index in [1.165, 1.54) is 11.3 Å². The second-order valence-electron chi connectivity index (χ2n) is 5.38. The number of piperidine rings is 1. The Balaban J connectivity index is 0.00000242. The van der Waals surface area contributed by atoms with Crippen molar-refractivity contribution in [2.24, 2.45) is 5.73 Å². The van der Waals surface area contributed by atoms with Crippen molar-refractivity contribution in [3.05, 3.63) is 29.3 Å². The first-order valence-electron chi connectivity index (χ1n) is 7.58. The first-order valence-corrected chi connectivity index (χ1v) is 8.95. The van der Waals surface area contributed by atoms with Crippen LogP contribution in [0.2, 0.25) is 5.02 Å². The van der Waals surface area contributed by atoms with Crippen molar-refractivity contribution in [2.75, 3.05) is 18.8 Å². The number of amides is 1. The minimum Gasteiger partial charge on any atom is -0.338 e. The highest BCUT2D eigenvalue weighted by atomic mass is 35.5. The number of halogens is 2. The number of likely N-dealkylation sites (tertiary alicyclic amines) is 1. The fourth-order valence-corrected chi connectivity index (χ4v) is 3.64. The molecule has 1 aromatic carbocycles. The SMILES string of the molecule is Cl.NCC1CCCCN1C(=O)CCCSc1ccc(Cl)cc1. The van der Waals surface area contributed by atoms with E-state index in [-0.39, 0.29) is 24.4 Å². The summed E-state index contributed by atoms with van der Waals surface area (Å²) in [6.45, 7) is 1.47. The average molecular weight is 363 g/mol. The Kier molecular flexibility index (Phi) is 9.25. The van der Waals surface area contributed by atoms with Crippen molar-refractivity contribution in [3.8, 4) is 0 Å². The molecule has 1 fully saturated rings. The van der Waals surface area contributed by atoms with Crippen LogP contribution >= 0.6 is 35.8 Å². The molecule has 3 nitrogen and oxygen atoms in total. The lowest BCUT2D eigenvalue weighted by Gasteiger charge is -2.35. The number of benzene rings is 1. The maximum Gasteiger partial charge on any atom is 0.222 e. The fraction of sp³-hybridized carbons (Fsp3) is 0.562. The van der Waals surface area contributed by atoms with Gasteiger partial charge in [-0.1, -0.05) is 11.6 Å². The standard InChI is InChI=1S/C16H23ClN2OS.ClH/c17-13-6-8-15(9-7-13)21-11-3-5-16(20)19-10-2-1-4-14(19)12-18;/h6-9,14H,1-5,10-12,18H2;1H. The van der Waals surface area contributed by atoms with E-state index < -0.39 is 0 Å². The fourth-order valence-electron chi connectivity index (χ4n) is 2.66. The summed E-state index contributed by atoms with van der Waals surface area (Å²) in [7, 11) is 0. The molecule has 0 radical (unpaired) electrons. The number of carbonyl (C=O) groups excluding carboxylic acids is 1. The van der Waals surface area contributed by atoms with Crippen LogP contribution in [-0.4, -0.2) is 35.7 Å². The molecule has 1 aliphatic heterocycles. The molecule has 1 aromatic rings. The summed E-state index contributed by atoms with van der Waals surface area (Å²) in [5.41, 5.74) is 5.77. The van der Waals surface area contributed by atoms with Crippen molar-refractivity contribution in [3.63, 3.8) is 0 Å². The molecule has 1 saturated heterocycles. The molecule has 1 heterocycles. The topological polar surface area (TPSA) is 46.3 Å². The van der Waals surface area contributed by atoms with Crippen LogP contribution in [0.3, 0.4) is 0 Å². The highest BCUT2D eigenvalue weighted by Crippen LogP contribution is 2.22. The van der Waals surface area contributed by atoms with Crippen LogP contribution in [0.25, 0.3) is 0 Å². The van der Waals surface area contributed by atoms with E-state index in [9.17, 15) is 4.79 Å². The Bertz CT molecular complexity index is 456. The molecule has 0 spiro atoms. The van der Waals surface area contributed by atoms with Gasteiger partial charge in [0.05, 0.1) is 0 Å². The molecule has 6 heteroatoms. The van der Waals surface area contributed by atoms with Gasteiger partial charge in [-0.25, -0.2) is 0 Å². The van der Waals surface area contributed by atoms with E-state index in [0.29, 0.717) is 13.0 Å². The summed E-state index contributed by atoms with van der Waals surface area (Å²) in [6.07, 6.45) is 4.89. The van der Waals surface area contributed by atoms with Gasteiger partial charge < -0.3 is 10.6 Å². The van der Waals surface area contributed by atoms with Gasteiger partial charge in [-0.15, -0.1) is 24.2 Å². The number of hydrogen-bond acceptors (Lipinski definition) is 3. The lowest BCUT2D eigenvalue weighted by Crippen LogP contribution is -2.47. The van der Waals surface area contributed by atoms with Crippen LogP contribution in [0.5, 0.6) is 0 Å². The molecular weight excluding hydrogens is 339 g/mol. The van der Waals surface area contributed by atoms with Crippen molar-refractivity contribution >= 4 is 41.7 Å². The molecule has 124 valence electrons. The van der Waals surface area contributed by atoms with Gasteiger partial charge in [0.15, 0.2) is 0 Å². The molecule has 1 amide bonds. The monoisotopic (exact) mass is 362 g/mol. The van der Waals surface area contributed by atoms with E-state index in [4.69, 9.17) is 17.3 Å². The van der Waals surface area contributed by atoms with Crippen LogP contribution in [0.15, 0.2) is 29.2 Å². The first-order chi connectivity index (χ1) is 10.2. The van der Waals surface area contributed by atoms with Crippen molar-refractivity contribution in [1.82, 2.24) is 4.90 Å². The molecule has 0 bridgehead atoms. The van der Waals surface area contributed by atoms with Crippen LogP contribution < -0.4 is 5.73 Å². The number of nitrogens with two attached hydrogens (primary N) is 1. The predicted molar refractivity (Wildman–Crippen MR) is 97.1 cm³/mol. The Morgan fingerprint density at radius 2 is 2.05 bits per heavy atom. The zero-order valence-corrected chi connectivity index (χ0v) is 15.1. The summed E-state index contributed by atoms with van der Waals surface area (Å²) in [6, 6.07) is 8.09. The van der Waals surface area contributed by atoms with E-state index in [0.717, 1.165) is 36.6 Å². The maximum atomic E-state index is 12.3. The zero-order chi connectivity index (χ0) is 15.1. The minimum atomic E-state index is 0. The number of nitrogens with zero attached hydrogens (tertiary/aromatic N) is 1. The van der Waals surface area contributed by atoms with Crippen LogP contribution in [0.4, 0.5) is 0 Å². The van der Waals surface area contributed by atoms with E-state index >= 15 is 0 Å². The van der Waals surface area contributed by atoms with Crippen LogP contribution in [0, 0.1) is 0 Å². The van der Waals surface area contributed by atoms with Crippen LogP contribution in [-0.2, 0) is 4.79 Å². The van der Waals surface area contributed by atoms with E-state index in [1.807, 2.05) is 29.2 Å². The number of carbonyl (C=O) groups is 1. The largest absolute Gasteiger partial charge is 0.338 e. The second-order valence-corrected chi connectivity index (χ2v) is 6.98. The molecule has 1 atom stereocenters. The maximum absolute atomic E-state index is 12.3. The zero-order valence-electron chi connectivity index (χ0n) is 12.7. The number of rotatable bonds is 6.